The fourth-order valence-corrected chi connectivity index (χ4v) is 4.38. The van der Waals surface area contributed by atoms with Crippen LogP contribution in [0.1, 0.15) is 37.8 Å². The van der Waals surface area contributed by atoms with Crippen molar-refractivity contribution in [2.75, 3.05) is 37.3 Å². The van der Waals surface area contributed by atoms with E-state index in [1.54, 1.807) is 22.8 Å². The Morgan fingerprint density at radius 1 is 1.29 bits per heavy atom. The number of aromatic nitrogens is 2. The lowest BCUT2D eigenvalue weighted by molar-refractivity contribution is 0.343. The van der Waals surface area contributed by atoms with Gasteiger partial charge >= 0.3 is 0 Å². The highest BCUT2D eigenvalue weighted by Gasteiger charge is 2.23. The van der Waals surface area contributed by atoms with Crippen LogP contribution in [-0.2, 0) is 0 Å². The van der Waals surface area contributed by atoms with E-state index in [9.17, 15) is 0 Å². The topological polar surface area (TPSA) is 98.9 Å². The molecule has 28 heavy (non-hydrogen) atoms. The molecule has 0 bridgehead atoms. The fraction of sp³-hybridized carbons (Fsp3) is 0.579. The average molecular weight is 403 g/mol. The summed E-state index contributed by atoms with van der Waals surface area (Å²) in [6.45, 7) is 7.72. The normalized spacial score (nSPS) is 20.4. The molecule has 0 spiro atoms. The molecular weight excluding hydrogens is 372 g/mol. The van der Waals surface area contributed by atoms with Crippen LogP contribution in [0.4, 0.5) is 5.82 Å². The molecule has 9 heteroatoms. The van der Waals surface area contributed by atoms with Crippen molar-refractivity contribution in [3.05, 3.63) is 23.6 Å². The van der Waals surface area contributed by atoms with Gasteiger partial charge in [-0.25, -0.2) is 4.98 Å². The van der Waals surface area contributed by atoms with Gasteiger partial charge < -0.3 is 16.0 Å². The van der Waals surface area contributed by atoms with E-state index >= 15 is 0 Å². The number of piperidine rings is 2. The van der Waals surface area contributed by atoms with Crippen molar-refractivity contribution in [3.8, 4) is 0 Å². The maximum Gasteiger partial charge on any atom is 0.170 e. The van der Waals surface area contributed by atoms with Gasteiger partial charge in [-0.05, 0) is 38.4 Å². The van der Waals surface area contributed by atoms with Crippen LogP contribution in [0.5, 0.6) is 0 Å². The monoisotopic (exact) mass is 402 g/mol. The van der Waals surface area contributed by atoms with Gasteiger partial charge in [0.05, 0.1) is 12.2 Å². The van der Waals surface area contributed by atoms with Crippen molar-refractivity contribution in [3.63, 3.8) is 0 Å². The SMILES string of the molecule is C=Nn1c(N2CCCCC2)c(/C(C=N)=C/N)ncc1=NC1CCN(SC)CC1. The number of nitrogens with zero attached hydrogens (tertiary/aromatic N) is 6. The quantitative estimate of drug-likeness (QED) is 0.559. The van der Waals surface area contributed by atoms with Crippen molar-refractivity contribution < 1.29 is 0 Å². The van der Waals surface area contributed by atoms with Crippen molar-refractivity contribution >= 4 is 36.3 Å². The molecule has 0 radical (unpaired) electrons. The van der Waals surface area contributed by atoms with Gasteiger partial charge in [0.25, 0.3) is 0 Å². The number of allylic oxidation sites excluding steroid dienone is 1. The molecule has 3 heterocycles. The summed E-state index contributed by atoms with van der Waals surface area (Å²) in [5, 5.41) is 12.0. The van der Waals surface area contributed by atoms with Crippen LogP contribution in [0.25, 0.3) is 5.57 Å². The molecule has 152 valence electrons. The minimum absolute atomic E-state index is 0.255. The van der Waals surface area contributed by atoms with E-state index in [4.69, 9.17) is 16.1 Å². The Morgan fingerprint density at radius 2 is 2.00 bits per heavy atom. The van der Waals surface area contributed by atoms with Gasteiger partial charge in [0.1, 0.15) is 5.69 Å². The first-order chi connectivity index (χ1) is 13.7. The minimum Gasteiger partial charge on any atom is -0.404 e. The largest absolute Gasteiger partial charge is 0.404 e. The van der Waals surface area contributed by atoms with Gasteiger partial charge in [0.15, 0.2) is 11.3 Å². The third kappa shape index (κ3) is 4.47. The number of hydrogen-bond donors (Lipinski definition) is 2. The Bertz CT molecular complexity index is 786. The van der Waals surface area contributed by atoms with Gasteiger partial charge in [0, 0.05) is 50.9 Å². The first-order valence-corrected chi connectivity index (χ1v) is 11.0. The van der Waals surface area contributed by atoms with E-state index in [1.807, 2.05) is 0 Å². The molecule has 0 atom stereocenters. The summed E-state index contributed by atoms with van der Waals surface area (Å²) in [7, 11) is 0. The second-order valence-electron chi connectivity index (χ2n) is 7.03. The Kier molecular flexibility index (Phi) is 7.27. The number of anilines is 1. The lowest BCUT2D eigenvalue weighted by atomic mass is 10.1. The predicted molar refractivity (Wildman–Crippen MR) is 118 cm³/mol. The Hall–Kier alpha value is -2.13. The van der Waals surface area contributed by atoms with Gasteiger partial charge in [-0.1, -0.05) is 11.9 Å². The van der Waals surface area contributed by atoms with Crippen LogP contribution >= 0.6 is 11.9 Å². The molecule has 0 amide bonds. The Morgan fingerprint density at radius 3 is 2.57 bits per heavy atom. The molecule has 3 N–H and O–H groups in total. The Balaban J connectivity index is 2.05. The number of nitrogens with two attached hydrogens (primary N) is 1. The summed E-state index contributed by atoms with van der Waals surface area (Å²) in [5.74, 6) is 0.831. The van der Waals surface area contributed by atoms with Crippen molar-refractivity contribution in [2.24, 2.45) is 15.8 Å². The third-order valence-corrected chi connectivity index (χ3v) is 6.22. The van der Waals surface area contributed by atoms with E-state index in [2.05, 4.69) is 32.3 Å². The second kappa shape index (κ2) is 9.88. The smallest absolute Gasteiger partial charge is 0.170 e. The highest BCUT2D eigenvalue weighted by atomic mass is 32.2. The van der Waals surface area contributed by atoms with Crippen molar-refractivity contribution in [2.45, 2.75) is 38.1 Å². The van der Waals surface area contributed by atoms with Crippen LogP contribution < -0.4 is 16.1 Å². The van der Waals surface area contributed by atoms with Gasteiger partial charge in [0.2, 0.25) is 0 Å². The van der Waals surface area contributed by atoms with Crippen LogP contribution in [0.15, 0.2) is 22.5 Å². The minimum atomic E-state index is 0.255. The second-order valence-corrected chi connectivity index (χ2v) is 7.91. The molecule has 0 aromatic carbocycles. The van der Waals surface area contributed by atoms with Crippen LogP contribution in [0.3, 0.4) is 0 Å². The number of hydrogen-bond acceptors (Lipinski definition) is 8. The van der Waals surface area contributed by atoms with E-state index in [-0.39, 0.29) is 6.04 Å². The Labute approximate surface area is 170 Å². The first-order valence-electron chi connectivity index (χ1n) is 9.81. The molecule has 0 saturated carbocycles. The molecule has 1 aromatic rings. The van der Waals surface area contributed by atoms with Crippen LogP contribution in [0, 0.1) is 5.41 Å². The molecule has 2 saturated heterocycles. The number of rotatable bonds is 6. The van der Waals surface area contributed by atoms with E-state index in [1.165, 1.54) is 18.8 Å². The van der Waals surface area contributed by atoms with Crippen LogP contribution in [0.2, 0.25) is 0 Å². The lowest BCUT2D eigenvalue weighted by Crippen LogP contribution is -2.37. The zero-order chi connectivity index (χ0) is 19.9. The molecule has 2 aliphatic heterocycles. The maximum atomic E-state index is 7.71. The van der Waals surface area contributed by atoms with E-state index < -0.39 is 0 Å². The predicted octanol–water partition coefficient (Wildman–Crippen LogP) is 1.93. The molecule has 0 aliphatic carbocycles. The van der Waals surface area contributed by atoms with Gasteiger partial charge in [-0.15, -0.1) is 0 Å². The standard InChI is InChI=1S/C19H30N8S/c1-22-27-17(24-16-6-10-26(28-2)11-7-16)14-23-18(15(12-20)13-21)19(27)25-8-4-3-5-9-25/h12-14,16,20H,1,3-11,21H2,2H3/b15-13+,20-12?,24-17?. The van der Waals surface area contributed by atoms with E-state index in [0.717, 1.165) is 57.7 Å². The van der Waals surface area contributed by atoms with Crippen molar-refractivity contribution in [1.29, 1.82) is 5.41 Å². The molecule has 0 unspecified atom stereocenters. The number of nitrogens with one attached hydrogen (secondary N) is 1. The molecule has 8 nitrogen and oxygen atoms in total. The van der Waals surface area contributed by atoms with Crippen LogP contribution in [-0.4, -0.2) is 65.4 Å². The summed E-state index contributed by atoms with van der Waals surface area (Å²) >= 11 is 1.79. The molecule has 2 fully saturated rings. The zero-order valence-corrected chi connectivity index (χ0v) is 17.4. The molecule has 3 rings (SSSR count). The molecule has 2 aliphatic rings. The highest BCUT2D eigenvalue weighted by molar-refractivity contribution is 7.96. The summed E-state index contributed by atoms with van der Waals surface area (Å²) < 4.78 is 4.15. The van der Waals surface area contributed by atoms with E-state index in [0.29, 0.717) is 16.8 Å². The first kappa shape index (κ1) is 20.6. The summed E-state index contributed by atoms with van der Waals surface area (Å²) in [6, 6.07) is 0.255. The van der Waals surface area contributed by atoms with Crippen molar-refractivity contribution in [1.82, 2.24) is 14.0 Å². The summed E-state index contributed by atoms with van der Waals surface area (Å²) in [5.41, 5.74) is 7.70. The zero-order valence-electron chi connectivity index (χ0n) is 16.5. The summed E-state index contributed by atoms with van der Waals surface area (Å²) in [4.78, 5) is 11.9. The lowest BCUT2D eigenvalue weighted by Gasteiger charge is -2.31. The highest BCUT2D eigenvalue weighted by Crippen LogP contribution is 2.26. The fourth-order valence-electron chi connectivity index (χ4n) is 3.80. The maximum absolute atomic E-state index is 7.71. The summed E-state index contributed by atoms with van der Waals surface area (Å²) in [6.07, 6.45) is 12.0. The van der Waals surface area contributed by atoms with Gasteiger partial charge in [-0.3, -0.25) is 9.30 Å². The molecular formula is C19H30N8S. The average Bonchev–Trinajstić information content (AvgIpc) is 2.76. The van der Waals surface area contributed by atoms with Gasteiger partial charge in [-0.2, -0.15) is 9.78 Å². The molecule has 1 aromatic heterocycles. The third-order valence-electron chi connectivity index (χ3n) is 5.34.